The number of nitrogens with one attached hydrogen (secondary N) is 1. The maximum absolute atomic E-state index is 11.7. The average molecular weight is 248 g/mol. The summed E-state index contributed by atoms with van der Waals surface area (Å²) in [4.78, 5) is 0. The Balaban J connectivity index is 3.31. The fraction of sp³-hybridized carbons (Fsp3) is 1.00. The van der Waals surface area contributed by atoms with Crippen LogP contribution in [0.5, 0.6) is 0 Å². The normalized spacial score (nSPS) is 16.4. The molecule has 0 radical (unpaired) electrons. The van der Waals surface area contributed by atoms with Crippen molar-refractivity contribution in [2.45, 2.75) is 37.9 Å². The third kappa shape index (κ3) is 11.9. The molecule has 0 aromatic rings. The second-order valence-corrected chi connectivity index (χ2v) is 4.28. The Bertz CT molecular complexity index is 164. The Hall–Kier alpha value is -0.0000000000000000555. The zero-order valence-electron chi connectivity index (χ0n) is 8.90. The van der Waals surface area contributed by atoms with Crippen molar-refractivity contribution in [3.63, 3.8) is 0 Å². The van der Waals surface area contributed by atoms with Gasteiger partial charge in [0, 0.05) is 18.0 Å². The predicted molar refractivity (Wildman–Crippen MR) is 54.3 cm³/mol. The third-order valence-electron chi connectivity index (χ3n) is 1.68. The van der Waals surface area contributed by atoms with E-state index in [1.165, 1.54) is 0 Å². The summed E-state index contributed by atoms with van der Waals surface area (Å²) >= 11 is 5.75. The van der Waals surface area contributed by atoms with Gasteiger partial charge in [0.25, 0.3) is 0 Å². The quantitative estimate of drug-likeness (QED) is 0.552. The highest BCUT2D eigenvalue weighted by Gasteiger charge is 2.27. The van der Waals surface area contributed by atoms with Crippen LogP contribution in [-0.2, 0) is 4.74 Å². The van der Waals surface area contributed by atoms with Gasteiger partial charge >= 0.3 is 6.18 Å². The van der Waals surface area contributed by atoms with E-state index in [4.69, 9.17) is 11.6 Å². The van der Waals surface area contributed by atoms with Crippen LogP contribution in [-0.4, -0.2) is 37.4 Å². The number of ether oxygens (including phenoxy) is 1. The third-order valence-corrected chi connectivity index (χ3v) is 1.86. The van der Waals surface area contributed by atoms with E-state index in [1.54, 1.807) is 0 Å². The second kappa shape index (κ2) is 7.30. The summed E-state index contributed by atoms with van der Waals surface area (Å²) in [5, 5.41) is 3.08. The summed E-state index contributed by atoms with van der Waals surface area (Å²) < 4.78 is 39.4. The fourth-order valence-electron chi connectivity index (χ4n) is 1.14. The second-order valence-electron chi connectivity index (χ2n) is 3.54. The van der Waals surface area contributed by atoms with Crippen LogP contribution in [0.15, 0.2) is 0 Å². The largest absolute Gasteiger partial charge is 0.411 e. The molecule has 2 unspecified atom stereocenters. The summed E-state index contributed by atoms with van der Waals surface area (Å²) in [7, 11) is 0. The molecule has 15 heavy (non-hydrogen) atoms. The van der Waals surface area contributed by atoms with Crippen LogP contribution in [0.2, 0.25) is 0 Å². The lowest BCUT2D eigenvalue weighted by Gasteiger charge is -2.15. The monoisotopic (exact) mass is 247 g/mol. The molecule has 0 bridgehead atoms. The minimum atomic E-state index is -4.24. The Labute approximate surface area is 93.1 Å². The molecule has 0 spiro atoms. The van der Waals surface area contributed by atoms with Crippen molar-refractivity contribution in [1.82, 2.24) is 5.32 Å². The fourth-order valence-corrected chi connectivity index (χ4v) is 1.40. The average Bonchev–Trinajstić information content (AvgIpc) is 1.99. The van der Waals surface area contributed by atoms with Gasteiger partial charge in [-0.25, -0.2) is 0 Å². The molecule has 0 aliphatic heterocycles. The van der Waals surface area contributed by atoms with Gasteiger partial charge in [-0.2, -0.15) is 13.2 Å². The van der Waals surface area contributed by atoms with Crippen molar-refractivity contribution in [3.05, 3.63) is 0 Å². The zero-order valence-corrected chi connectivity index (χ0v) is 9.66. The van der Waals surface area contributed by atoms with Gasteiger partial charge in [-0.1, -0.05) is 0 Å². The smallest absolute Gasteiger partial charge is 0.371 e. The molecule has 6 heteroatoms. The topological polar surface area (TPSA) is 21.3 Å². The summed E-state index contributed by atoms with van der Waals surface area (Å²) in [6, 6.07) is 0.187. The molecule has 0 amide bonds. The minimum Gasteiger partial charge on any atom is -0.371 e. The Kier molecular flexibility index (Phi) is 7.30. The molecule has 0 aliphatic rings. The van der Waals surface area contributed by atoms with Gasteiger partial charge in [0.1, 0.15) is 6.61 Å². The molecule has 92 valence electrons. The molecule has 0 aliphatic carbocycles. The zero-order chi connectivity index (χ0) is 11.9. The van der Waals surface area contributed by atoms with Crippen LogP contribution >= 0.6 is 11.6 Å². The summed E-state index contributed by atoms with van der Waals surface area (Å²) in [6.07, 6.45) is -3.46. The molecule has 0 saturated carbocycles. The van der Waals surface area contributed by atoms with Crippen molar-refractivity contribution < 1.29 is 17.9 Å². The Morgan fingerprint density at radius 3 is 2.40 bits per heavy atom. The number of hydrogen-bond acceptors (Lipinski definition) is 2. The summed E-state index contributed by atoms with van der Waals surface area (Å²) in [6.45, 7) is 3.08. The molecule has 0 rings (SSSR count). The molecule has 2 nitrogen and oxygen atoms in total. The van der Waals surface area contributed by atoms with Gasteiger partial charge < -0.3 is 10.1 Å². The van der Waals surface area contributed by atoms with Crippen LogP contribution in [0.1, 0.15) is 20.3 Å². The van der Waals surface area contributed by atoms with E-state index < -0.39 is 12.8 Å². The summed E-state index contributed by atoms with van der Waals surface area (Å²) in [5.74, 6) is 0. The van der Waals surface area contributed by atoms with Gasteiger partial charge in [-0.05, 0) is 20.3 Å². The van der Waals surface area contributed by atoms with E-state index in [1.807, 2.05) is 13.8 Å². The van der Waals surface area contributed by atoms with Crippen LogP contribution < -0.4 is 5.32 Å². The van der Waals surface area contributed by atoms with E-state index >= 15 is 0 Å². The maximum Gasteiger partial charge on any atom is 0.411 e. The SMILES string of the molecule is CC(Cl)CC(C)NCCOCC(F)(F)F. The number of halogens is 4. The van der Waals surface area contributed by atoms with Crippen LogP contribution in [0, 0.1) is 0 Å². The van der Waals surface area contributed by atoms with Crippen molar-refractivity contribution in [2.75, 3.05) is 19.8 Å². The highest BCUT2D eigenvalue weighted by Crippen LogP contribution is 2.13. The van der Waals surface area contributed by atoms with Gasteiger partial charge in [0.05, 0.1) is 6.61 Å². The first-order chi connectivity index (χ1) is 6.81. The molecular formula is C9H17ClF3NO. The van der Waals surface area contributed by atoms with Crippen molar-refractivity contribution >= 4 is 11.6 Å². The van der Waals surface area contributed by atoms with E-state index in [0.717, 1.165) is 6.42 Å². The first kappa shape index (κ1) is 15.0. The van der Waals surface area contributed by atoms with Crippen molar-refractivity contribution in [1.29, 1.82) is 0 Å². The number of rotatable bonds is 7. The van der Waals surface area contributed by atoms with E-state index in [2.05, 4.69) is 10.1 Å². The molecule has 1 N–H and O–H groups in total. The van der Waals surface area contributed by atoms with Gasteiger partial charge in [0.15, 0.2) is 0 Å². The minimum absolute atomic E-state index is 0.0561. The predicted octanol–water partition coefficient (Wildman–Crippen LogP) is 2.56. The molecule has 0 saturated heterocycles. The van der Waals surface area contributed by atoms with Gasteiger partial charge in [-0.3, -0.25) is 0 Å². The standard InChI is InChI=1S/C9H17ClF3NO/c1-7(10)5-8(2)14-3-4-15-6-9(11,12)13/h7-8,14H,3-6H2,1-2H3. The molecule has 2 atom stereocenters. The van der Waals surface area contributed by atoms with Crippen LogP contribution in [0.4, 0.5) is 13.2 Å². The van der Waals surface area contributed by atoms with Crippen LogP contribution in [0.25, 0.3) is 0 Å². The van der Waals surface area contributed by atoms with Gasteiger partial charge in [0.2, 0.25) is 0 Å². The first-order valence-corrected chi connectivity index (χ1v) is 5.27. The highest BCUT2D eigenvalue weighted by atomic mass is 35.5. The molecule has 0 aromatic heterocycles. The Morgan fingerprint density at radius 1 is 1.33 bits per heavy atom. The maximum atomic E-state index is 11.7. The van der Waals surface area contributed by atoms with Crippen molar-refractivity contribution in [3.8, 4) is 0 Å². The van der Waals surface area contributed by atoms with Crippen molar-refractivity contribution in [2.24, 2.45) is 0 Å². The number of alkyl halides is 4. The number of hydrogen-bond donors (Lipinski definition) is 1. The molecule has 0 heterocycles. The lowest BCUT2D eigenvalue weighted by molar-refractivity contribution is -0.173. The van der Waals surface area contributed by atoms with Gasteiger partial charge in [-0.15, -0.1) is 11.6 Å². The highest BCUT2D eigenvalue weighted by molar-refractivity contribution is 6.20. The lowest BCUT2D eigenvalue weighted by atomic mass is 10.2. The van der Waals surface area contributed by atoms with Crippen LogP contribution in [0.3, 0.4) is 0 Å². The molecule has 0 fully saturated rings. The lowest BCUT2D eigenvalue weighted by Crippen LogP contribution is -2.32. The Morgan fingerprint density at radius 2 is 1.93 bits per heavy atom. The first-order valence-electron chi connectivity index (χ1n) is 4.83. The van der Waals surface area contributed by atoms with E-state index in [9.17, 15) is 13.2 Å². The van der Waals surface area contributed by atoms with E-state index in [-0.39, 0.29) is 18.0 Å². The molecule has 0 aromatic carbocycles. The summed E-state index contributed by atoms with van der Waals surface area (Å²) in [5.41, 5.74) is 0. The van der Waals surface area contributed by atoms with E-state index in [0.29, 0.717) is 6.54 Å². The molecular weight excluding hydrogens is 231 g/mol.